The summed E-state index contributed by atoms with van der Waals surface area (Å²) in [4.78, 5) is 30.5. The molecule has 0 amide bonds. The highest BCUT2D eigenvalue weighted by Gasteiger charge is 2.28. The van der Waals surface area contributed by atoms with Gasteiger partial charge in [0.1, 0.15) is 11.3 Å². The van der Waals surface area contributed by atoms with E-state index in [4.69, 9.17) is 21.3 Å². The SMILES string of the molecule is CNc1cc(Cl)cc2c1[nH]c1ncc(-c3cnc4c(c3)c(=O)c(C(O)O)cn4C)c(N3CCOC(CN(C)C)C3)c12. The first-order chi connectivity index (χ1) is 19.7. The summed E-state index contributed by atoms with van der Waals surface area (Å²) < 4.78 is 7.72. The maximum atomic E-state index is 13.2. The van der Waals surface area contributed by atoms with Crippen LogP contribution in [0.15, 0.2) is 41.6 Å². The van der Waals surface area contributed by atoms with Gasteiger partial charge in [-0.15, -0.1) is 0 Å². The van der Waals surface area contributed by atoms with E-state index in [1.54, 1.807) is 30.1 Å². The first-order valence-electron chi connectivity index (χ1n) is 13.3. The van der Waals surface area contributed by atoms with Gasteiger partial charge in [-0.05, 0) is 32.3 Å². The Morgan fingerprint density at radius 3 is 2.76 bits per heavy atom. The normalized spacial score (nSPS) is 16.1. The second-order valence-electron chi connectivity index (χ2n) is 10.7. The molecule has 0 saturated carbocycles. The molecule has 214 valence electrons. The first kappa shape index (κ1) is 27.4. The van der Waals surface area contributed by atoms with Crippen molar-refractivity contribution in [2.45, 2.75) is 12.4 Å². The zero-order valence-corrected chi connectivity index (χ0v) is 24.0. The van der Waals surface area contributed by atoms with Gasteiger partial charge in [0.25, 0.3) is 0 Å². The highest BCUT2D eigenvalue weighted by Crippen LogP contribution is 2.43. The number of ether oxygens (including phenoxy) is 1. The Labute approximate surface area is 240 Å². The quantitative estimate of drug-likeness (QED) is 0.225. The van der Waals surface area contributed by atoms with Crippen LogP contribution >= 0.6 is 11.6 Å². The number of H-pyrrole nitrogens is 1. The van der Waals surface area contributed by atoms with Crippen LogP contribution in [0.5, 0.6) is 0 Å². The van der Waals surface area contributed by atoms with E-state index in [9.17, 15) is 15.0 Å². The molecule has 6 rings (SSSR count). The number of likely N-dealkylation sites (N-methyl/N-ethyl adjacent to an activating group) is 1. The minimum Gasteiger partial charge on any atom is -0.386 e. The van der Waals surface area contributed by atoms with Gasteiger partial charge in [0.2, 0.25) is 0 Å². The molecule has 1 fully saturated rings. The van der Waals surface area contributed by atoms with Gasteiger partial charge in [0, 0.05) is 73.9 Å². The molecular formula is C29H32ClN7O4. The van der Waals surface area contributed by atoms with E-state index >= 15 is 0 Å². The summed E-state index contributed by atoms with van der Waals surface area (Å²) in [6.07, 6.45) is 3.01. The molecule has 11 nitrogen and oxygen atoms in total. The standard InChI is InChI=1S/C29H32ClN7O4/c1-31-22-9-16(30)8-18-23-25(37-5-6-41-17(13-37)12-35(2)3)20(11-32-27(23)34-24(18)22)15-7-19-26(38)21(29(39)40)14-36(4)28(19)33-10-15/h7-11,14,17,29,31,39-40H,5-6,12-13H2,1-4H3,(H,32,34). The van der Waals surface area contributed by atoms with E-state index < -0.39 is 11.7 Å². The first-order valence-corrected chi connectivity index (χ1v) is 13.7. The minimum absolute atomic E-state index is 0.00731. The third kappa shape index (κ3) is 4.79. The van der Waals surface area contributed by atoms with Crippen molar-refractivity contribution in [2.75, 3.05) is 57.6 Å². The van der Waals surface area contributed by atoms with Crippen LogP contribution in [0.25, 0.3) is 44.1 Å². The van der Waals surface area contributed by atoms with Crippen molar-refractivity contribution in [3.05, 3.63) is 57.6 Å². The molecule has 5 heterocycles. The number of aromatic amines is 1. The number of aromatic nitrogens is 4. The summed E-state index contributed by atoms with van der Waals surface area (Å²) in [5.41, 5.74) is 4.72. The molecule has 1 atom stereocenters. The average molecular weight is 578 g/mol. The number of benzene rings is 1. The van der Waals surface area contributed by atoms with Gasteiger partial charge >= 0.3 is 0 Å². The zero-order chi connectivity index (χ0) is 29.0. The second kappa shape index (κ2) is 10.6. The number of fused-ring (bicyclic) bond motifs is 4. The summed E-state index contributed by atoms with van der Waals surface area (Å²) in [6.45, 7) is 2.64. The van der Waals surface area contributed by atoms with E-state index in [0.29, 0.717) is 41.6 Å². The van der Waals surface area contributed by atoms with E-state index in [1.807, 2.05) is 33.3 Å². The number of nitrogens with one attached hydrogen (secondary N) is 2. The van der Waals surface area contributed by atoms with Crippen LogP contribution in [0.3, 0.4) is 0 Å². The maximum absolute atomic E-state index is 13.2. The van der Waals surface area contributed by atoms with Crippen LogP contribution in [-0.4, -0.2) is 88.1 Å². The number of aryl methyl sites for hydroxylation is 1. The lowest BCUT2D eigenvalue weighted by atomic mass is 10.0. The number of anilines is 2. The fourth-order valence-corrected chi connectivity index (χ4v) is 6.02. The molecule has 1 unspecified atom stereocenters. The number of halogens is 1. The van der Waals surface area contributed by atoms with Crippen molar-refractivity contribution in [3.8, 4) is 11.1 Å². The van der Waals surface area contributed by atoms with Crippen molar-refractivity contribution in [3.63, 3.8) is 0 Å². The molecule has 4 aromatic heterocycles. The van der Waals surface area contributed by atoms with Gasteiger partial charge in [-0.25, -0.2) is 9.97 Å². The van der Waals surface area contributed by atoms with Crippen molar-refractivity contribution < 1.29 is 14.9 Å². The van der Waals surface area contributed by atoms with Gasteiger partial charge in [0.05, 0.1) is 45.9 Å². The molecule has 0 spiro atoms. The Balaban J connectivity index is 1.64. The predicted octanol–water partition coefficient (Wildman–Crippen LogP) is 3.08. The van der Waals surface area contributed by atoms with Gasteiger partial charge in [-0.2, -0.15) is 0 Å². The average Bonchev–Trinajstić information content (AvgIpc) is 3.32. The second-order valence-corrected chi connectivity index (χ2v) is 11.1. The summed E-state index contributed by atoms with van der Waals surface area (Å²) >= 11 is 6.57. The minimum atomic E-state index is -1.89. The molecule has 41 heavy (non-hydrogen) atoms. The number of hydrogen-bond donors (Lipinski definition) is 4. The van der Waals surface area contributed by atoms with Gasteiger partial charge < -0.3 is 39.6 Å². The lowest BCUT2D eigenvalue weighted by molar-refractivity contribution is -0.0435. The van der Waals surface area contributed by atoms with Crippen LogP contribution in [0.4, 0.5) is 11.4 Å². The molecule has 4 N–H and O–H groups in total. The van der Waals surface area contributed by atoms with Crippen molar-refractivity contribution in [1.82, 2.24) is 24.4 Å². The van der Waals surface area contributed by atoms with Gasteiger partial charge in [-0.1, -0.05) is 11.6 Å². The number of pyridine rings is 3. The molecule has 0 aliphatic carbocycles. The summed E-state index contributed by atoms with van der Waals surface area (Å²) in [6, 6.07) is 5.56. The number of aliphatic hydroxyl groups is 2. The summed E-state index contributed by atoms with van der Waals surface area (Å²) in [7, 11) is 7.62. The molecule has 0 bridgehead atoms. The molecule has 12 heteroatoms. The largest absolute Gasteiger partial charge is 0.386 e. The Morgan fingerprint density at radius 1 is 1.22 bits per heavy atom. The van der Waals surface area contributed by atoms with Crippen LogP contribution in [0, 0.1) is 0 Å². The van der Waals surface area contributed by atoms with E-state index in [0.717, 1.165) is 39.8 Å². The number of aliphatic hydroxyl groups excluding tert-OH is 1. The van der Waals surface area contributed by atoms with Crippen LogP contribution < -0.4 is 15.6 Å². The molecule has 1 aliphatic heterocycles. The zero-order valence-electron chi connectivity index (χ0n) is 23.3. The van der Waals surface area contributed by atoms with Crippen molar-refractivity contribution in [2.24, 2.45) is 7.05 Å². The van der Waals surface area contributed by atoms with E-state index in [1.165, 1.54) is 6.20 Å². The summed E-state index contributed by atoms with van der Waals surface area (Å²) in [5.74, 6) is 0. The maximum Gasteiger partial charge on any atom is 0.199 e. The topological polar surface area (TPSA) is 132 Å². The van der Waals surface area contributed by atoms with Crippen LogP contribution in [-0.2, 0) is 11.8 Å². The number of hydrogen-bond acceptors (Lipinski definition) is 9. The third-order valence-electron chi connectivity index (χ3n) is 7.59. The Bertz CT molecular complexity index is 1850. The van der Waals surface area contributed by atoms with E-state index in [2.05, 4.69) is 25.1 Å². The molecule has 1 aromatic carbocycles. The fourth-order valence-electron chi connectivity index (χ4n) is 5.81. The van der Waals surface area contributed by atoms with E-state index in [-0.39, 0.29) is 17.1 Å². The van der Waals surface area contributed by atoms with Crippen molar-refractivity contribution in [1.29, 1.82) is 0 Å². The van der Waals surface area contributed by atoms with Gasteiger partial charge in [-0.3, -0.25) is 4.79 Å². The predicted molar refractivity (Wildman–Crippen MR) is 162 cm³/mol. The number of rotatable bonds is 6. The lowest BCUT2D eigenvalue weighted by Crippen LogP contribution is -2.46. The smallest absolute Gasteiger partial charge is 0.199 e. The van der Waals surface area contributed by atoms with Crippen molar-refractivity contribution >= 4 is 55.9 Å². The molecule has 5 aromatic rings. The Morgan fingerprint density at radius 2 is 2.02 bits per heavy atom. The Hall–Kier alpha value is -3.74. The molecule has 1 saturated heterocycles. The molecular weight excluding hydrogens is 546 g/mol. The van der Waals surface area contributed by atoms with Crippen LogP contribution in [0.1, 0.15) is 11.9 Å². The highest BCUT2D eigenvalue weighted by molar-refractivity contribution is 6.33. The third-order valence-corrected chi connectivity index (χ3v) is 7.81. The monoisotopic (exact) mass is 577 g/mol. The number of nitrogens with zero attached hydrogens (tertiary/aromatic N) is 5. The van der Waals surface area contributed by atoms with Crippen LogP contribution in [0.2, 0.25) is 5.02 Å². The number of morpholine rings is 1. The fraction of sp³-hybridized carbons (Fsp3) is 0.345. The Kier molecular flexibility index (Phi) is 7.08. The molecule has 1 aliphatic rings. The highest BCUT2D eigenvalue weighted by atomic mass is 35.5. The molecule has 0 radical (unpaired) electrons. The summed E-state index contributed by atoms with van der Waals surface area (Å²) in [5, 5.41) is 25.6. The van der Waals surface area contributed by atoms with Gasteiger partial charge in [0.15, 0.2) is 11.7 Å². The lowest BCUT2D eigenvalue weighted by Gasteiger charge is -2.37.